The highest BCUT2D eigenvalue weighted by atomic mass is 35.5. The summed E-state index contributed by atoms with van der Waals surface area (Å²) in [7, 11) is -2.47. The van der Waals surface area contributed by atoms with Gasteiger partial charge in [-0.1, -0.05) is 42.3 Å². The Morgan fingerprint density at radius 2 is 1.78 bits per heavy atom. The van der Waals surface area contributed by atoms with Gasteiger partial charge in [0, 0.05) is 22.6 Å². The number of sulfonamides is 1. The zero-order chi connectivity index (χ0) is 27.2. The van der Waals surface area contributed by atoms with Crippen LogP contribution < -0.4 is 14.4 Å². The van der Waals surface area contributed by atoms with Gasteiger partial charge in [-0.2, -0.15) is 0 Å². The smallest absolute Gasteiger partial charge is 0.244 e. The lowest BCUT2D eigenvalue weighted by Crippen LogP contribution is -2.53. The lowest BCUT2D eigenvalue weighted by atomic mass is 10.1. The summed E-state index contributed by atoms with van der Waals surface area (Å²) in [6, 6.07) is 8.93. The third-order valence-electron chi connectivity index (χ3n) is 5.45. The molecule has 0 aliphatic rings. The standard InChI is InChI=1S/C25H33Cl2N3O5S/c1-7-21(25(32)28-16(2)3)29(14-18-9-10-19(26)13-20(18)27)24(31)15-30(36(6,33)34)22-12-17(4)8-11-23(22)35-5/h8-13,16,21H,7,14-15H2,1-6H3,(H,28,32)/t21-/m1/s1. The average molecular weight is 559 g/mol. The first kappa shape index (κ1) is 29.7. The van der Waals surface area contributed by atoms with Crippen molar-refractivity contribution in [2.75, 3.05) is 24.2 Å². The van der Waals surface area contributed by atoms with Crippen molar-refractivity contribution in [3.63, 3.8) is 0 Å². The molecule has 0 radical (unpaired) electrons. The van der Waals surface area contributed by atoms with Crippen LogP contribution in [0.5, 0.6) is 5.75 Å². The number of carbonyl (C=O) groups is 2. The third-order valence-corrected chi connectivity index (χ3v) is 7.17. The highest BCUT2D eigenvalue weighted by molar-refractivity contribution is 7.92. The van der Waals surface area contributed by atoms with Gasteiger partial charge < -0.3 is 15.0 Å². The quantitative estimate of drug-likeness (QED) is 0.441. The van der Waals surface area contributed by atoms with Crippen LogP contribution in [0, 0.1) is 6.92 Å². The largest absolute Gasteiger partial charge is 0.495 e. The average Bonchev–Trinajstić information content (AvgIpc) is 2.77. The van der Waals surface area contributed by atoms with E-state index in [1.54, 1.807) is 43.3 Å². The molecule has 2 amide bonds. The van der Waals surface area contributed by atoms with E-state index in [0.29, 0.717) is 27.8 Å². The van der Waals surface area contributed by atoms with Crippen molar-refractivity contribution in [1.82, 2.24) is 10.2 Å². The number of anilines is 1. The number of nitrogens with one attached hydrogen (secondary N) is 1. The highest BCUT2D eigenvalue weighted by Crippen LogP contribution is 2.31. The molecule has 0 aliphatic heterocycles. The number of halogens is 2. The summed E-state index contributed by atoms with van der Waals surface area (Å²) in [6.07, 6.45) is 1.33. The van der Waals surface area contributed by atoms with Gasteiger partial charge in [-0.3, -0.25) is 13.9 Å². The van der Waals surface area contributed by atoms with Crippen LogP contribution in [0.3, 0.4) is 0 Å². The molecule has 0 aliphatic carbocycles. The fourth-order valence-electron chi connectivity index (χ4n) is 3.72. The Kier molecular flexibility index (Phi) is 10.5. The van der Waals surface area contributed by atoms with Gasteiger partial charge in [-0.25, -0.2) is 8.42 Å². The second-order valence-electron chi connectivity index (χ2n) is 8.79. The predicted molar refractivity (Wildman–Crippen MR) is 144 cm³/mol. The van der Waals surface area contributed by atoms with E-state index in [1.807, 2.05) is 20.8 Å². The second-order valence-corrected chi connectivity index (χ2v) is 11.5. The number of amides is 2. The number of aryl methyl sites for hydroxylation is 1. The minimum Gasteiger partial charge on any atom is -0.495 e. The Morgan fingerprint density at radius 1 is 1.11 bits per heavy atom. The van der Waals surface area contributed by atoms with Crippen molar-refractivity contribution in [2.45, 2.75) is 52.7 Å². The van der Waals surface area contributed by atoms with Crippen molar-refractivity contribution in [2.24, 2.45) is 0 Å². The second kappa shape index (κ2) is 12.7. The Morgan fingerprint density at radius 3 is 2.31 bits per heavy atom. The van der Waals surface area contributed by atoms with E-state index < -0.39 is 28.5 Å². The molecule has 0 aromatic heterocycles. The molecule has 0 unspecified atom stereocenters. The first-order chi connectivity index (χ1) is 16.8. The minimum absolute atomic E-state index is 0.0125. The summed E-state index contributed by atoms with van der Waals surface area (Å²) in [5.41, 5.74) is 1.60. The summed E-state index contributed by atoms with van der Waals surface area (Å²) in [4.78, 5) is 28.2. The van der Waals surface area contributed by atoms with Gasteiger partial charge in [0.05, 0.1) is 19.1 Å². The molecular weight excluding hydrogens is 525 g/mol. The molecule has 0 saturated carbocycles. The molecule has 0 bridgehead atoms. The lowest BCUT2D eigenvalue weighted by Gasteiger charge is -2.33. The van der Waals surface area contributed by atoms with Crippen LogP contribution >= 0.6 is 23.2 Å². The van der Waals surface area contributed by atoms with Crippen LogP contribution in [-0.2, 0) is 26.2 Å². The number of ether oxygens (including phenoxy) is 1. The molecule has 0 saturated heterocycles. The molecule has 198 valence electrons. The summed E-state index contributed by atoms with van der Waals surface area (Å²) in [5, 5.41) is 3.61. The molecule has 8 nitrogen and oxygen atoms in total. The maximum absolute atomic E-state index is 13.8. The van der Waals surface area contributed by atoms with Crippen molar-refractivity contribution < 1.29 is 22.7 Å². The number of methoxy groups -OCH3 is 1. The van der Waals surface area contributed by atoms with E-state index in [-0.39, 0.29) is 24.2 Å². The fraction of sp³-hybridized carbons (Fsp3) is 0.440. The SMILES string of the molecule is CC[C@H](C(=O)NC(C)C)N(Cc1ccc(Cl)cc1Cl)C(=O)CN(c1cc(C)ccc1OC)S(C)(=O)=O. The van der Waals surface area contributed by atoms with Crippen LogP contribution in [0.25, 0.3) is 0 Å². The van der Waals surface area contributed by atoms with E-state index >= 15 is 0 Å². The summed E-state index contributed by atoms with van der Waals surface area (Å²) in [5.74, 6) is -0.610. The number of hydrogen-bond donors (Lipinski definition) is 1. The summed E-state index contributed by atoms with van der Waals surface area (Å²) in [6.45, 7) is 6.69. The first-order valence-electron chi connectivity index (χ1n) is 11.4. The molecule has 2 aromatic rings. The fourth-order valence-corrected chi connectivity index (χ4v) is 5.04. The zero-order valence-corrected chi connectivity index (χ0v) is 23.7. The lowest BCUT2D eigenvalue weighted by molar-refractivity contribution is -0.140. The third kappa shape index (κ3) is 7.75. The molecule has 0 spiro atoms. The van der Waals surface area contributed by atoms with Gasteiger partial charge >= 0.3 is 0 Å². The van der Waals surface area contributed by atoms with Crippen LogP contribution in [0.1, 0.15) is 38.3 Å². The van der Waals surface area contributed by atoms with Crippen LogP contribution in [-0.4, -0.2) is 57.1 Å². The van der Waals surface area contributed by atoms with Gasteiger partial charge in [0.15, 0.2) is 0 Å². The monoisotopic (exact) mass is 557 g/mol. The molecule has 0 fully saturated rings. The molecule has 1 N–H and O–H groups in total. The van der Waals surface area contributed by atoms with Gasteiger partial charge in [0.1, 0.15) is 18.3 Å². The Hall–Kier alpha value is -2.49. The number of carbonyl (C=O) groups excluding carboxylic acids is 2. The number of nitrogens with zero attached hydrogens (tertiary/aromatic N) is 2. The number of benzene rings is 2. The van der Waals surface area contributed by atoms with E-state index in [4.69, 9.17) is 27.9 Å². The predicted octanol–water partition coefficient (Wildman–Crippen LogP) is 4.41. The molecule has 11 heteroatoms. The Bertz CT molecular complexity index is 1200. The van der Waals surface area contributed by atoms with Crippen LogP contribution in [0.2, 0.25) is 10.0 Å². The van der Waals surface area contributed by atoms with Crippen LogP contribution in [0.15, 0.2) is 36.4 Å². The molecule has 1 atom stereocenters. The Balaban J connectivity index is 2.55. The van der Waals surface area contributed by atoms with E-state index in [9.17, 15) is 18.0 Å². The molecular formula is C25H33Cl2N3O5S. The maximum Gasteiger partial charge on any atom is 0.244 e. The molecule has 36 heavy (non-hydrogen) atoms. The van der Waals surface area contributed by atoms with Gasteiger partial charge in [-0.15, -0.1) is 0 Å². The number of rotatable bonds is 11. The van der Waals surface area contributed by atoms with Gasteiger partial charge in [-0.05, 0) is 62.6 Å². The number of hydrogen-bond acceptors (Lipinski definition) is 5. The molecule has 2 rings (SSSR count). The Labute approximate surface area is 223 Å². The molecule has 2 aromatic carbocycles. The highest BCUT2D eigenvalue weighted by Gasteiger charge is 2.33. The first-order valence-corrected chi connectivity index (χ1v) is 14.0. The van der Waals surface area contributed by atoms with Crippen molar-refractivity contribution in [1.29, 1.82) is 0 Å². The minimum atomic E-state index is -3.89. The zero-order valence-electron chi connectivity index (χ0n) is 21.3. The summed E-state index contributed by atoms with van der Waals surface area (Å²) >= 11 is 12.4. The van der Waals surface area contributed by atoms with E-state index in [2.05, 4.69) is 5.32 Å². The topological polar surface area (TPSA) is 96.0 Å². The van der Waals surface area contributed by atoms with E-state index in [0.717, 1.165) is 16.1 Å². The normalized spacial score (nSPS) is 12.2. The van der Waals surface area contributed by atoms with E-state index in [1.165, 1.54) is 12.0 Å². The van der Waals surface area contributed by atoms with Crippen molar-refractivity contribution in [3.05, 3.63) is 57.6 Å². The molecule has 0 heterocycles. The maximum atomic E-state index is 13.8. The summed E-state index contributed by atoms with van der Waals surface area (Å²) < 4.78 is 32.0. The van der Waals surface area contributed by atoms with Gasteiger partial charge in [0.2, 0.25) is 21.8 Å². The van der Waals surface area contributed by atoms with Crippen molar-refractivity contribution in [3.8, 4) is 5.75 Å². The van der Waals surface area contributed by atoms with Gasteiger partial charge in [0.25, 0.3) is 0 Å². The van der Waals surface area contributed by atoms with Crippen molar-refractivity contribution >= 4 is 50.7 Å². The van der Waals surface area contributed by atoms with Crippen LogP contribution in [0.4, 0.5) is 5.69 Å².